The molecule has 0 radical (unpaired) electrons. The number of halogens is 2. The van der Waals surface area contributed by atoms with E-state index in [2.05, 4.69) is 37.7 Å². The standard InChI is InChI=1S/C43H53F2N11O6/c1-51(16-5-19-61-18-4-7-27-6-3-8-33-38(27)52(2)43(60)56(33)34-13-14-36(57)49-42(34)59)22-26-9-11-28(12-10-26)55-24-32(37(50-55)39(44)45)47-41(58)31-21-46-54-17-15-35(48-40(31)54)53-23-30-20-29(53)25-62-30/h3,6,8,15,17,21,24,26,28-30,34,39H,4-5,7,9-14,16,18-20,22-23,25H2,1-2H3,(H,47,58)(H,49,57,59)/t26-,28-,29-,30-,34?/m1/s1. The number of ether oxygens (including phenoxy) is 2. The van der Waals surface area contributed by atoms with Gasteiger partial charge in [-0.15, -0.1) is 0 Å². The number of hydrogen-bond acceptors (Lipinski definition) is 11. The minimum Gasteiger partial charge on any atom is -0.381 e. The SMILES string of the molecule is CN(CCCOCCCc1cccc2c1n(C)c(=O)n2C1CCC(=O)NC1=O)C[C@H]1CC[C@H](n2cc(NC(=O)c3cnn4ccc(N5C[C@H]6C[C@@H]5CO6)nc34)c(C(F)F)n2)CC1. The molecule has 3 atom stereocenters. The Labute approximate surface area is 356 Å². The molecule has 1 unspecified atom stereocenters. The number of imide groups is 1. The van der Waals surface area contributed by atoms with Crippen LogP contribution >= 0.6 is 0 Å². The zero-order valence-electron chi connectivity index (χ0n) is 35.0. The molecule has 19 heteroatoms. The summed E-state index contributed by atoms with van der Waals surface area (Å²) in [5, 5.41) is 13.6. The highest BCUT2D eigenvalue weighted by Gasteiger charge is 2.40. The van der Waals surface area contributed by atoms with E-state index < -0.39 is 30.0 Å². The zero-order chi connectivity index (χ0) is 43.1. The van der Waals surface area contributed by atoms with Gasteiger partial charge in [0.2, 0.25) is 11.8 Å². The second kappa shape index (κ2) is 17.7. The molecule has 3 saturated heterocycles. The fourth-order valence-electron chi connectivity index (χ4n) is 9.88. The summed E-state index contributed by atoms with van der Waals surface area (Å²) in [6.07, 6.45) is 9.29. The fraction of sp³-hybridized carbons (Fsp3) is 0.558. The maximum atomic E-state index is 14.3. The number of benzene rings is 1. The molecule has 330 valence electrons. The van der Waals surface area contributed by atoms with E-state index in [4.69, 9.17) is 14.5 Å². The van der Waals surface area contributed by atoms with Gasteiger partial charge in [-0.3, -0.25) is 33.5 Å². The number of morpholine rings is 1. The minimum absolute atomic E-state index is 0.00961. The van der Waals surface area contributed by atoms with Gasteiger partial charge in [0.15, 0.2) is 11.3 Å². The number of nitrogens with one attached hydrogen (secondary N) is 2. The average Bonchev–Trinajstić information content (AvgIpc) is 4.11. The van der Waals surface area contributed by atoms with E-state index in [0.29, 0.717) is 49.7 Å². The number of imidazole rings is 1. The number of fused-ring (bicyclic) bond motifs is 4. The second-order valence-corrected chi connectivity index (χ2v) is 17.2. The van der Waals surface area contributed by atoms with Crippen molar-refractivity contribution in [2.75, 3.05) is 56.7 Å². The number of alkyl halides is 2. The lowest BCUT2D eigenvalue weighted by molar-refractivity contribution is -0.135. The Morgan fingerprint density at radius 3 is 2.66 bits per heavy atom. The van der Waals surface area contributed by atoms with Crippen LogP contribution < -0.4 is 21.2 Å². The number of rotatable bonds is 16. The minimum atomic E-state index is -2.86. The lowest BCUT2D eigenvalue weighted by Gasteiger charge is -2.31. The van der Waals surface area contributed by atoms with Crippen LogP contribution in [-0.4, -0.2) is 115 Å². The quantitative estimate of drug-likeness (QED) is 0.106. The van der Waals surface area contributed by atoms with Crippen molar-refractivity contribution in [1.82, 2.24) is 43.7 Å². The first-order chi connectivity index (χ1) is 30.0. The van der Waals surface area contributed by atoms with Crippen LogP contribution in [0.15, 0.2) is 47.7 Å². The first-order valence-electron chi connectivity index (χ1n) is 21.7. The van der Waals surface area contributed by atoms with E-state index in [0.717, 1.165) is 81.5 Å². The highest BCUT2D eigenvalue weighted by atomic mass is 19.3. The van der Waals surface area contributed by atoms with Crippen LogP contribution in [0.2, 0.25) is 0 Å². The Hall–Kier alpha value is -5.53. The van der Waals surface area contributed by atoms with Gasteiger partial charge in [-0.2, -0.15) is 10.2 Å². The molecule has 62 heavy (non-hydrogen) atoms. The topological polar surface area (TPSA) is 175 Å². The van der Waals surface area contributed by atoms with E-state index in [1.165, 1.54) is 21.5 Å². The molecule has 2 N–H and O–H groups in total. The number of amides is 3. The Morgan fingerprint density at radius 2 is 1.90 bits per heavy atom. The van der Waals surface area contributed by atoms with Crippen LogP contribution in [0.25, 0.3) is 16.7 Å². The molecule has 4 aromatic heterocycles. The van der Waals surface area contributed by atoms with Crippen molar-refractivity contribution < 1.29 is 32.6 Å². The predicted octanol–water partition coefficient (Wildman–Crippen LogP) is 4.43. The van der Waals surface area contributed by atoms with Gasteiger partial charge in [0, 0.05) is 58.7 Å². The van der Waals surface area contributed by atoms with Crippen molar-refractivity contribution in [1.29, 1.82) is 0 Å². The van der Waals surface area contributed by atoms with Crippen molar-refractivity contribution in [3.05, 3.63) is 70.2 Å². The summed E-state index contributed by atoms with van der Waals surface area (Å²) < 4.78 is 46.4. The van der Waals surface area contributed by atoms with Crippen LogP contribution in [0, 0.1) is 5.92 Å². The van der Waals surface area contributed by atoms with Gasteiger partial charge in [0.1, 0.15) is 17.4 Å². The Balaban J connectivity index is 0.713. The van der Waals surface area contributed by atoms with Gasteiger partial charge in [-0.05, 0) is 88.4 Å². The molecule has 7 heterocycles. The maximum absolute atomic E-state index is 14.3. The summed E-state index contributed by atoms with van der Waals surface area (Å²) >= 11 is 0. The van der Waals surface area contributed by atoms with E-state index in [9.17, 15) is 28.0 Å². The third-order valence-corrected chi connectivity index (χ3v) is 13.0. The second-order valence-electron chi connectivity index (χ2n) is 17.2. The predicted molar refractivity (Wildman–Crippen MR) is 224 cm³/mol. The summed E-state index contributed by atoms with van der Waals surface area (Å²) in [6, 6.07) is 7.08. The highest BCUT2D eigenvalue weighted by molar-refractivity contribution is 6.08. The van der Waals surface area contributed by atoms with Crippen molar-refractivity contribution in [2.45, 2.75) is 94.9 Å². The fourth-order valence-corrected chi connectivity index (χ4v) is 9.88. The molecular weight excluding hydrogens is 805 g/mol. The molecule has 1 aromatic carbocycles. The van der Waals surface area contributed by atoms with Gasteiger partial charge in [-0.25, -0.2) is 23.1 Å². The molecule has 1 saturated carbocycles. The first-order valence-corrected chi connectivity index (χ1v) is 21.7. The summed E-state index contributed by atoms with van der Waals surface area (Å²) in [5.74, 6) is -0.131. The molecule has 4 aliphatic rings. The molecule has 5 aromatic rings. The van der Waals surface area contributed by atoms with Crippen LogP contribution in [0.1, 0.15) is 97.9 Å². The third-order valence-electron chi connectivity index (χ3n) is 13.0. The molecule has 2 bridgehead atoms. The molecule has 4 fully saturated rings. The summed E-state index contributed by atoms with van der Waals surface area (Å²) in [6.45, 7) is 4.39. The maximum Gasteiger partial charge on any atom is 0.329 e. The number of carbonyl (C=O) groups is 3. The smallest absolute Gasteiger partial charge is 0.329 e. The van der Waals surface area contributed by atoms with Gasteiger partial charge in [-0.1, -0.05) is 12.1 Å². The Morgan fingerprint density at radius 1 is 1.08 bits per heavy atom. The molecule has 1 aliphatic carbocycles. The number of nitrogens with zero attached hydrogens (tertiary/aromatic N) is 9. The summed E-state index contributed by atoms with van der Waals surface area (Å²) in [5.41, 5.74) is 2.29. The van der Waals surface area contributed by atoms with Gasteiger partial charge >= 0.3 is 5.69 Å². The number of carbonyl (C=O) groups excluding carboxylic acids is 3. The average molecular weight is 858 g/mol. The van der Waals surface area contributed by atoms with E-state index in [-0.39, 0.29) is 47.5 Å². The Kier molecular flexibility index (Phi) is 11.9. The zero-order valence-corrected chi connectivity index (χ0v) is 35.0. The monoisotopic (exact) mass is 857 g/mol. The van der Waals surface area contributed by atoms with Crippen molar-refractivity contribution in [2.24, 2.45) is 13.0 Å². The van der Waals surface area contributed by atoms with Crippen molar-refractivity contribution in [3.63, 3.8) is 0 Å². The van der Waals surface area contributed by atoms with Crippen LogP contribution in [0.5, 0.6) is 0 Å². The number of para-hydroxylation sites is 1. The highest BCUT2D eigenvalue weighted by Crippen LogP contribution is 2.36. The molecule has 0 spiro atoms. The number of hydrogen-bond donors (Lipinski definition) is 2. The van der Waals surface area contributed by atoms with Crippen LogP contribution in [0.3, 0.4) is 0 Å². The molecule has 9 rings (SSSR count). The number of piperidine rings is 1. The lowest BCUT2D eigenvalue weighted by Crippen LogP contribution is -2.44. The van der Waals surface area contributed by atoms with Crippen molar-refractivity contribution in [3.8, 4) is 0 Å². The van der Waals surface area contributed by atoms with E-state index >= 15 is 0 Å². The van der Waals surface area contributed by atoms with Gasteiger partial charge in [0.05, 0.1) is 47.7 Å². The van der Waals surface area contributed by atoms with Gasteiger partial charge in [0.25, 0.3) is 12.3 Å². The lowest BCUT2D eigenvalue weighted by atomic mass is 9.86. The number of aromatic nitrogens is 7. The summed E-state index contributed by atoms with van der Waals surface area (Å²) in [7, 11) is 3.83. The number of anilines is 2. The molecule has 3 aliphatic heterocycles. The van der Waals surface area contributed by atoms with Crippen LogP contribution in [0.4, 0.5) is 20.3 Å². The van der Waals surface area contributed by atoms with Gasteiger partial charge < -0.3 is 24.6 Å². The number of aryl methyl sites for hydroxylation is 2. The van der Waals surface area contributed by atoms with E-state index in [1.54, 1.807) is 22.5 Å². The molecule has 17 nitrogen and oxygen atoms in total. The molecular formula is C43H53F2N11O6. The molecule has 3 amide bonds. The largest absolute Gasteiger partial charge is 0.381 e. The first kappa shape index (κ1) is 41.8. The summed E-state index contributed by atoms with van der Waals surface area (Å²) in [4.78, 5) is 60.2. The van der Waals surface area contributed by atoms with Crippen LogP contribution in [-0.2, 0) is 32.5 Å². The van der Waals surface area contributed by atoms with E-state index in [1.807, 2.05) is 24.3 Å². The third kappa shape index (κ3) is 8.36. The van der Waals surface area contributed by atoms with Crippen molar-refractivity contribution >= 4 is 45.9 Å². The Bertz CT molecular complexity index is 2520. The normalized spacial score (nSPS) is 22.8.